The number of benzene rings is 1. The maximum absolute atomic E-state index is 12.6. The molecule has 0 heterocycles. The molecule has 0 aromatic heterocycles. The highest BCUT2D eigenvalue weighted by atomic mass is 16.5. The summed E-state index contributed by atoms with van der Waals surface area (Å²) in [5.41, 5.74) is -1.25. The molecule has 0 saturated heterocycles. The highest BCUT2D eigenvalue weighted by Gasteiger charge is 2.48. The lowest BCUT2D eigenvalue weighted by Crippen LogP contribution is -2.56. The molecule has 128 valence electrons. The molecule has 2 N–H and O–H groups in total. The minimum atomic E-state index is -1.25. The largest absolute Gasteiger partial charge is 0.492 e. The second-order valence-corrected chi connectivity index (χ2v) is 7.08. The van der Waals surface area contributed by atoms with Gasteiger partial charge in [0.2, 0.25) is 0 Å². The van der Waals surface area contributed by atoms with Crippen LogP contribution in [0, 0.1) is 17.8 Å². The molecule has 1 aliphatic carbocycles. The summed E-state index contributed by atoms with van der Waals surface area (Å²) in [7, 11) is 0. The summed E-state index contributed by atoms with van der Waals surface area (Å²) >= 11 is 0. The summed E-state index contributed by atoms with van der Waals surface area (Å²) < 4.78 is 5.58. The number of hydrogen-bond acceptors (Lipinski definition) is 3. The smallest absolute Gasteiger partial charge is 0.252 e. The van der Waals surface area contributed by atoms with E-state index in [1.54, 1.807) is 0 Å². The van der Waals surface area contributed by atoms with Gasteiger partial charge < -0.3 is 15.2 Å². The first kappa shape index (κ1) is 17.8. The quantitative estimate of drug-likeness (QED) is 0.793. The summed E-state index contributed by atoms with van der Waals surface area (Å²) in [4.78, 5) is 12.6. The van der Waals surface area contributed by atoms with Crippen LogP contribution in [-0.2, 0) is 4.79 Å². The van der Waals surface area contributed by atoms with E-state index in [1.807, 2.05) is 30.3 Å². The SMILES string of the molecule is CC(C)[C@@H]1CC[C@@H](C)C[C@@]1(O)C(=O)NCCOc1ccccc1. The monoisotopic (exact) mass is 319 g/mol. The van der Waals surface area contributed by atoms with Crippen LogP contribution in [0.1, 0.15) is 40.0 Å². The van der Waals surface area contributed by atoms with Crippen LogP contribution in [0.25, 0.3) is 0 Å². The number of aliphatic hydroxyl groups is 1. The van der Waals surface area contributed by atoms with Gasteiger partial charge in [-0.25, -0.2) is 0 Å². The molecule has 0 radical (unpaired) electrons. The Bertz CT molecular complexity index is 503. The Kier molecular flexibility index (Phi) is 6.05. The first-order valence-electron chi connectivity index (χ1n) is 8.62. The predicted octanol–water partition coefficient (Wildman–Crippen LogP) is 3.00. The van der Waals surface area contributed by atoms with Crippen LogP contribution in [0.3, 0.4) is 0 Å². The van der Waals surface area contributed by atoms with Crippen molar-refractivity contribution in [1.29, 1.82) is 0 Å². The molecule has 0 spiro atoms. The molecular weight excluding hydrogens is 290 g/mol. The minimum Gasteiger partial charge on any atom is -0.492 e. The summed E-state index contributed by atoms with van der Waals surface area (Å²) in [6.07, 6.45) is 2.53. The standard InChI is InChI=1S/C19H29NO3/c1-14(2)17-10-9-15(3)13-19(17,22)18(21)20-11-12-23-16-7-5-4-6-8-16/h4-8,14-15,17,22H,9-13H2,1-3H3,(H,20,21)/t15-,17+,19+/m1/s1. The van der Waals surface area contributed by atoms with Gasteiger partial charge in [0.1, 0.15) is 18.0 Å². The third-order valence-corrected chi connectivity index (χ3v) is 4.84. The Morgan fingerprint density at radius 3 is 2.70 bits per heavy atom. The van der Waals surface area contributed by atoms with E-state index in [0.29, 0.717) is 31.4 Å². The molecule has 4 nitrogen and oxygen atoms in total. The molecule has 1 aromatic rings. The van der Waals surface area contributed by atoms with Crippen molar-refractivity contribution in [2.24, 2.45) is 17.8 Å². The van der Waals surface area contributed by atoms with Gasteiger partial charge >= 0.3 is 0 Å². The second-order valence-electron chi connectivity index (χ2n) is 7.08. The van der Waals surface area contributed by atoms with Crippen LogP contribution < -0.4 is 10.1 Å². The summed E-state index contributed by atoms with van der Waals surface area (Å²) in [5, 5.41) is 13.9. The van der Waals surface area contributed by atoms with Gasteiger partial charge in [-0.05, 0) is 42.7 Å². The van der Waals surface area contributed by atoms with Crippen molar-refractivity contribution in [1.82, 2.24) is 5.32 Å². The molecule has 3 atom stereocenters. The van der Waals surface area contributed by atoms with E-state index in [4.69, 9.17) is 4.74 Å². The molecule has 1 aromatic carbocycles. The van der Waals surface area contributed by atoms with Crippen molar-refractivity contribution >= 4 is 5.91 Å². The Hall–Kier alpha value is -1.55. The topological polar surface area (TPSA) is 58.6 Å². The van der Waals surface area contributed by atoms with Crippen molar-refractivity contribution in [3.63, 3.8) is 0 Å². The van der Waals surface area contributed by atoms with Gasteiger partial charge in [0, 0.05) is 0 Å². The van der Waals surface area contributed by atoms with Crippen LogP contribution in [0.5, 0.6) is 5.75 Å². The maximum Gasteiger partial charge on any atom is 0.252 e. The number of hydrogen-bond donors (Lipinski definition) is 2. The van der Waals surface area contributed by atoms with Crippen molar-refractivity contribution in [2.75, 3.05) is 13.2 Å². The van der Waals surface area contributed by atoms with Gasteiger partial charge in [-0.3, -0.25) is 4.79 Å². The van der Waals surface area contributed by atoms with Crippen molar-refractivity contribution in [3.8, 4) is 5.75 Å². The van der Waals surface area contributed by atoms with Crippen molar-refractivity contribution in [3.05, 3.63) is 30.3 Å². The fraction of sp³-hybridized carbons (Fsp3) is 0.632. The molecule has 1 amide bonds. The second kappa shape index (κ2) is 7.82. The zero-order valence-electron chi connectivity index (χ0n) is 14.4. The van der Waals surface area contributed by atoms with Gasteiger partial charge in [-0.15, -0.1) is 0 Å². The van der Waals surface area contributed by atoms with Crippen LogP contribution in [0.4, 0.5) is 0 Å². The van der Waals surface area contributed by atoms with E-state index in [9.17, 15) is 9.90 Å². The van der Waals surface area contributed by atoms with E-state index in [0.717, 1.165) is 18.6 Å². The van der Waals surface area contributed by atoms with E-state index >= 15 is 0 Å². The van der Waals surface area contributed by atoms with Crippen LogP contribution >= 0.6 is 0 Å². The normalized spacial score (nSPS) is 27.7. The van der Waals surface area contributed by atoms with Crippen LogP contribution in [-0.4, -0.2) is 29.8 Å². The Balaban J connectivity index is 1.87. The van der Waals surface area contributed by atoms with Crippen molar-refractivity contribution < 1.29 is 14.6 Å². The lowest BCUT2D eigenvalue weighted by Gasteiger charge is -2.43. The number of ether oxygens (including phenoxy) is 1. The summed E-state index contributed by atoms with van der Waals surface area (Å²) in [5.74, 6) is 1.22. The van der Waals surface area contributed by atoms with E-state index in [1.165, 1.54) is 0 Å². The molecule has 4 heteroatoms. The number of nitrogens with one attached hydrogen (secondary N) is 1. The lowest BCUT2D eigenvalue weighted by atomic mass is 9.66. The lowest BCUT2D eigenvalue weighted by molar-refractivity contribution is -0.155. The molecule has 1 fully saturated rings. The number of rotatable bonds is 6. The molecule has 2 rings (SSSR count). The number of para-hydroxylation sites is 1. The molecule has 0 bridgehead atoms. The zero-order valence-corrected chi connectivity index (χ0v) is 14.4. The van der Waals surface area contributed by atoms with Gasteiger partial charge in [0.25, 0.3) is 5.91 Å². The number of amides is 1. The Labute approximate surface area is 139 Å². The molecule has 1 aliphatic rings. The summed E-state index contributed by atoms with van der Waals surface area (Å²) in [6.45, 7) is 7.06. The van der Waals surface area contributed by atoms with E-state index < -0.39 is 5.60 Å². The average molecular weight is 319 g/mol. The highest BCUT2D eigenvalue weighted by Crippen LogP contribution is 2.41. The van der Waals surface area contributed by atoms with Crippen LogP contribution in [0.15, 0.2) is 30.3 Å². The maximum atomic E-state index is 12.6. The van der Waals surface area contributed by atoms with Gasteiger partial charge in [0.05, 0.1) is 6.54 Å². The summed E-state index contributed by atoms with van der Waals surface area (Å²) in [6, 6.07) is 9.51. The highest BCUT2D eigenvalue weighted by molar-refractivity contribution is 5.85. The molecule has 1 saturated carbocycles. The predicted molar refractivity (Wildman–Crippen MR) is 91.2 cm³/mol. The first-order valence-corrected chi connectivity index (χ1v) is 8.62. The number of carbonyl (C=O) groups is 1. The molecule has 23 heavy (non-hydrogen) atoms. The van der Waals surface area contributed by atoms with E-state index in [-0.39, 0.29) is 11.8 Å². The fourth-order valence-electron chi connectivity index (χ4n) is 3.64. The number of carbonyl (C=O) groups excluding carboxylic acids is 1. The molecular formula is C19H29NO3. The average Bonchev–Trinajstić information content (AvgIpc) is 2.51. The third-order valence-electron chi connectivity index (χ3n) is 4.84. The fourth-order valence-corrected chi connectivity index (χ4v) is 3.64. The third kappa shape index (κ3) is 4.47. The minimum absolute atomic E-state index is 0.0220. The Morgan fingerprint density at radius 1 is 1.35 bits per heavy atom. The first-order chi connectivity index (χ1) is 10.9. The van der Waals surface area contributed by atoms with Gasteiger partial charge in [0.15, 0.2) is 0 Å². The van der Waals surface area contributed by atoms with Gasteiger partial charge in [-0.2, -0.15) is 0 Å². The Morgan fingerprint density at radius 2 is 2.04 bits per heavy atom. The molecule has 0 aliphatic heterocycles. The van der Waals surface area contributed by atoms with Crippen molar-refractivity contribution in [2.45, 2.75) is 45.6 Å². The zero-order chi connectivity index (χ0) is 16.9. The van der Waals surface area contributed by atoms with Crippen LogP contribution in [0.2, 0.25) is 0 Å². The molecule has 0 unspecified atom stereocenters. The van der Waals surface area contributed by atoms with Gasteiger partial charge in [-0.1, -0.05) is 45.4 Å². The van der Waals surface area contributed by atoms with E-state index in [2.05, 4.69) is 26.1 Å².